The molecular weight excluding hydrogens is 317 g/mol. The number of rotatable bonds is 3. The zero-order valence-corrected chi connectivity index (χ0v) is 14.2. The second-order valence-corrected chi connectivity index (χ2v) is 7.64. The van der Waals surface area contributed by atoms with Gasteiger partial charge in [-0.25, -0.2) is 4.79 Å². The molecule has 0 aliphatic heterocycles. The smallest absolute Gasteiger partial charge is 0.359 e. The van der Waals surface area contributed by atoms with E-state index in [4.69, 9.17) is 27.9 Å². The van der Waals surface area contributed by atoms with E-state index >= 15 is 0 Å². The van der Waals surface area contributed by atoms with Gasteiger partial charge in [0.2, 0.25) is 0 Å². The van der Waals surface area contributed by atoms with Gasteiger partial charge in [0.1, 0.15) is 15.5 Å². The Hall–Kier alpha value is -0.320. The van der Waals surface area contributed by atoms with Crippen LogP contribution in [0.25, 0.3) is 0 Å². The Balaban J connectivity index is 2.10. The van der Waals surface area contributed by atoms with Gasteiger partial charge in [0.05, 0.1) is 0 Å². The Bertz CT molecular complexity index is 490. The van der Waals surface area contributed by atoms with Crippen LogP contribution in [0.1, 0.15) is 50.5 Å². The fraction of sp³-hybridized carbons (Fsp3) is 0.714. The van der Waals surface area contributed by atoms with E-state index in [-0.39, 0.29) is 16.8 Å². The van der Waals surface area contributed by atoms with Crippen molar-refractivity contribution in [3.63, 3.8) is 0 Å². The maximum Gasteiger partial charge on any atom is 0.359 e. The summed E-state index contributed by atoms with van der Waals surface area (Å²) in [6.07, 6.45) is 3.15. The summed E-state index contributed by atoms with van der Waals surface area (Å²) >= 11 is 12.8. The van der Waals surface area contributed by atoms with Crippen molar-refractivity contribution in [2.24, 2.45) is 17.8 Å². The second kappa shape index (κ2) is 6.63. The Labute approximate surface area is 133 Å². The first-order chi connectivity index (χ1) is 9.40. The molecule has 6 heteroatoms. The molecule has 1 saturated carbocycles. The van der Waals surface area contributed by atoms with Crippen LogP contribution in [-0.4, -0.2) is 16.4 Å². The first-order valence-corrected chi connectivity index (χ1v) is 8.44. The number of hydrogen-bond acceptors (Lipinski definition) is 4. The summed E-state index contributed by atoms with van der Waals surface area (Å²) in [4.78, 5) is 12.2. The Morgan fingerprint density at radius 1 is 1.40 bits per heavy atom. The maximum absolute atomic E-state index is 12.2. The minimum absolute atomic E-state index is 0.0530. The summed E-state index contributed by atoms with van der Waals surface area (Å²) < 4.78 is 9.98. The van der Waals surface area contributed by atoms with Crippen molar-refractivity contribution >= 4 is 40.7 Å². The van der Waals surface area contributed by atoms with E-state index in [0.29, 0.717) is 22.1 Å². The number of nitrogens with zero attached hydrogens (tertiary/aromatic N) is 1. The molecule has 3 unspecified atom stereocenters. The van der Waals surface area contributed by atoms with Crippen LogP contribution in [-0.2, 0) is 4.74 Å². The van der Waals surface area contributed by atoms with Gasteiger partial charge in [-0.2, -0.15) is 4.37 Å². The topological polar surface area (TPSA) is 39.2 Å². The first-order valence-electron chi connectivity index (χ1n) is 6.91. The van der Waals surface area contributed by atoms with Crippen LogP contribution < -0.4 is 0 Å². The van der Waals surface area contributed by atoms with Crippen LogP contribution in [0, 0.1) is 17.8 Å². The van der Waals surface area contributed by atoms with E-state index in [9.17, 15) is 4.79 Å². The lowest BCUT2D eigenvalue weighted by atomic mass is 9.75. The minimum atomic E-state index is -0.456. The molecule has 3 atom stereocenters. The Kier molecular flexibility index (Phi) is 5.32. The molecule has 1 heterocycles. The summed E-state index contributed by atoms with van der Waals surface area (Å²) in [6.45, 7) is 6.55. The molecule has 0 saturated heterocycles. The maximum atomic E-state index is 12.2. The van der Waals surface area contributed by atoms with Gasteiger partial charge in [-0.15, -0.1) is 0 Å². The fourth-order valence-corrected chi connectivity index (χ4v) is 3.81. The number of hydrogen-bond donors (Lipinski definition) is 0. The van der Waals surface area contributed by atoms with Gasteiger partial charge >= 0.3 is 5.97 Å². The van der Waals surface area contributed by atoms with Crippen LogP contribution in [0.3, 0.4) is 0 Å². The molecule has 1 aromatic rings. The number of aromatic nitrogens is 1. The predicted molar refractivity (Wildman–Crippen MR) is 82.7 cm³/mol. The molecule has 112 valence electrons. The van der Waals surface area contributed by atoms with Gasteiger partial charge in [0, 0.05) is 0 Å². The minimum Gasteiger partial charge on any atom is -0.457 e. The van der Waals surface area contributed by atoms with Crippen LogP contribution in [0.4, 0.5) is 0 Å². The molecule has 1 aromatic heterocycles. The van der Waals surface area contributed by atoms with Gasteiger partial charge < -0.3 is 4.74 Å². The molecule has 1 aliphatic carbocycles. The summed E-state index contributed by atoms with van der Waals surface area (Å²) in [5, 5.41) is 0.201. The van der Waals surface area contributed by atoms with Crippen molar-refractivity contribution < 1.29 is 9.53 Å². The van der Waals surface area contributed by atoms with Crippen LogP contribution in [0.2, 0.25) is 9.36 Å². The summed E-state index contributed by atoms with van der Waals surface area (Å²) in [6, 6.07) is 0. The largest absolute Gasteiger partial charge is 0.457 e. The van der Waals surface area contributed by atoms with Crippen molar-refractivity contribution in [2.45, 2.75) is 46.1 Å². The van der Waals surface area contributed by atoms with E-state index in [1.807, 2.05) is 0 Å². The van der Waals surface area contributed by atoms with Crippen LogP contribution in [0.15, 0.2) is 0 Å². The van der Waals surface area contributed by atoms with Gasteiger partial charge in [-0.05, 0) is 42.1 Å². The molecule has 3 nitrogen and oxygen atoms in total. The van der Waals surface area contributed by atoms with Gasteiger partial charge in [-0.3, -0.25) is 0 Å². The number of ether oxygens (including phenoxy) is 1. The Morgan fingerprint density at radius 3 is 2.65 bits per heavy atom. The molecule has 0 spiro atoms. The molecule has 20 heavy (non-hydrogen) atoms. The highest BCUT2D eigenvalue weighted by molar-refractivity contribution is 7.11. The summed E-state index contributed by atoms with van der Waals surface area (Å²) in [7, 11) is 0. The highest BCUT2D eigenvalue weighted by atomic mass is 35.5. The van der Waals surface area contributed by atoms with Gasteiger partial charge in [0.25, 0.3) is 0 Å². The van der Waals surface area contributed by atoms with E-state index in [2.05, 4.69) is 25.1 Å². The summed E-state index contributed by atoms with van der Waals surface area (Å²) in [5.41, 5.74) is 0.141. The molecule has 0 bridgehead atoms. The Morgan fingerprint density at radius 2 is 2.10 bits per heavy atom. The van der Waals surface area contributed by atoms with Crippen molar-refractivity contribution in [3.8, 4) is 0 Å². The highest BCUT2D eigenvalue weighted by Gasteiger charge is 2.34. The molecule has 2 rings (SSSR count). The zero-order valence-electron chi connectivity index (χ0n) is 11.9. The average molecular weight is 336 g/mol. The van der Waals surface area contributed by atoms with E-state index < -0.39 is 5.97 Å². The van der Waals surface area contributed by atoms with Crippen LogP contribution in [0.5, 0.6) is 0 Å². The molecule has 0 aromatic carbocycles. The van der Waals surface area contributed by atoms with Crippen molar-refractivity contribution in [1.82, 2.24) is 4.37 Å². The number of carbonyl (C=O) groups excluding carboxylic acids is 1. The monoisotopic (exact) mass is 335 g/mol. The third-order valence-corrected chi connectivity index (χ3v) is 5.62. The van der Waals surface area contributed by atoms with Crippen molar-refractivity contribution in [2.75, 3.05) is 0 Å². The standard InChI is InChI=1S/C14H19Cl2NO2S/c1-7(2)9-5-4-8(3)6-10(9)19-14(18)12-11(15)13(16)20-17-12/h7-10H,4-6H2,1-3H3. The van der Waals surface area contributed by atoms with E-state index in [0.717, 1.165) is 24.4 Å². The lowest BCUT2D eigenvalue weighted by molar-refractivity contribution is -0.0177. The number of carbonyl (C=O) groups is 1. The highest BCUT2D eigenvalue weighted by Crippen LogP contribution is 2.36. The molecule has 0 N–H and O–H groups in total. The first kappa shape index (κ1) is 16.1. The lowest BCUT2D eigenvalue weighted by Crippen LogP contribution is -2.36. The molecule has 0 radical (unpaired) electrons. The second-order valence-electron chi connectivity index (χ2n) is 5.89. The molecular formula is C14H19Cl2NO2S. The quantitative estimate of drug-likeness (QED) is 0.724. The van der Waals surface area contributed by atoms with E-state index in [1.165, 1.54) is 6.42 Å². The average Bonchev–Trinajstić information content (AvgIpc) is 2.69. The molecule has 1 fully saturated rings. The zero-order chi connectivity index (χ0) is 14.9. The van der Waals surface area contributed by atoms with E-state index in [1.54, 1.807) is 0 Å². The number of esters is 1. The SMILES string of the molecule is CC1CCC(C(C)C)C(OC(=O)c2nsc(Cl)c2Cl)C1. The lowest BCUT2D eigenvalue weighted by Gasteiger charge is -2.36. The van der Waals surface area contributed by atoms with Crippen molar-refractivity contribution in [1.29, 1.82) is 0 Å². The molecule has 0 amide bonds. The third-order valence-electron chi connectivity index (χ3n) is 4.01. The van der Waals surface area contributed by atoms with Crippen LogP contribution >= 0.6 is 34.7 Å². The van der Waals surface area contributed by atoms with Crippen molar-refractivity contribution in [3.05, 3.63) is 15.1 Å². The fourth-order valence-electron chi connectivity index (χ4n) is 2.83. The van der Waals surface area contributed by atoms with Gasteiger partial charge in [-0.1, -0.05) is 50.4 Å². The summed E-state index contributed by atoms with van der Waals surface area (Å²) in [5.74, 6) is 1.03. The van der Waals surface area contributed by atoms with Gasteiger partial charge in [0.15, 0.2) is 5.69 Å². The predicted octanol–water partition coefficient (Wildman–Crippen LogP) is 5.07. The molecule has 1 aliphatic rings. The number of halogens is 2. The normalized spacial score (nSPS) is 26.8. The third kappa shape index (κ3) is 3.46.